The van der Waals surface area contributed by atoms with Crippen molar-refractivity contribution in [3.63, 3.8) is 0 Å². The number of aromatic amines is 2. The summed E-state index contributed by atoms with van der Waals surface area (Å²) in [6, 6.07) is 25.4. The number of nitrogens with zero attached hydrogens (tertiary/aromatic N) is 7. The van der Waals surface area contributed by atoms with Gasteiger partial charge in [0.25, 0.3) is 0 Å². The lowest BCUT2D eigenvalue weighted by Gasteiger charge is -2.34. The molecule has 2 aliphatic rings. The number of carbonyl (C=O) groups excluding carboxylic acids is 3. The topological polar surface area (TPSA) is 157 Å². The fourth-order valence-corrected chi connectivity index (χ4v) is 8.89. The minimum Gasteiger partial charge on any atom is -0.453 e. The van der Waals surface area contributed by atoms with Gasteiger partial charge in [0.1, 0.15) is 23.7 Å². The first-order valence-electron chi connectivity index (χ1n) is 21.3. The molecule has 4 atom stereocenters. The number of H-pyrrole nitrogens is 2. The second-order valence-corrected chi connectivity index (χ2v) is 15.9. The van der Waals surface area contributed by atoms with Crippen LogP contribution in [0, 0.1) is 0 Å². The predicted molar refractivity (Wildman–Crippen MR) is 233 cm³/mol. The summed E-state index contributed by atoms with van der Waals surface area (Å²) in [6.07, 6.45) is 10.2. The lowest BCUT2D eigenvalue weighted by molar-refractivity contribution is -0.138. The van der Waals surface area contributed by atoms with Crippen LogP contribution in [-0.4, -0.2) is 101 Å². The number of ether oxygens (including phenoxy) is 1. The van der Waals surface area contributed by atoms with Crippen molar-refractivity contribution < 1.29 is 19.1 Å². The number of hydrogen-bond acceptors (Lipinski definition) is 8. The SMILES string of the molecule is CCN(CC)[C@@H](C(=O)N1CCC[C@H]1c1ncc(-c2ccc(-c3ccc(-c4cnc([C@@H]5CCCN5C(=O)[C@H](Cc5cn(C)cn5)NC(=O)OC)[nH]4)cc3)cc2)[nH]1)c1ccccc1. The van der Waals surface area contributed by atoms with Crippen molar-refractivity contribution in [1.82, 2.24) is 49.5 Å². The fraction of sp³-hybridized carbons (Fsp3) is 0.362. The van der Waals surface area contributed by atoms with Crippen molar-refractivity contribution in [2.75, 3.05) is 33.3 Å². The van der Waals surface area contributed by atoms with Gasteiger partial charge in [0, 0.05) is 32.8 Å². The Labute approximate surface area is 356 Å². The van der Waals surface area contributed by atoms with E-state index in [1.165, 1.54) is 7.11 Å². The number of aromatic nitrogens is 6. The number of likely N-dealkylation sites (N-methyl/N-ethyl adjacent to an activating group) is 1. The highest BCUT2D eigenvalue weighted by Crippen LogP contribution is 2.37. The molecule has 2 fully saturated rings. The molecule has 3 amide bonds. The third-order valence-corrected chi connectivity index (χ3v) is 12.1. The van der Waals surface area contributed by atoms with Crippen LogP contribution in [0.1, 0.15) is 80.6 Å². The van der Waals surface area contributed by atoms with Crippen molar-refractivity contribution in [1.29, 1.82) is 0 Å². The van der Waals surface area contributed by atoms with Crippen molar-refractivity contribution >= 4 is 17.9 Å². The zero-order chi connectivity index (χ0) is 42.5. The number of hydrogen-bond donors (Lipinski definition) is 3. The van der Waals surface area contributed by atoms with Gasteiger partial charge in [-0.05, 0) is 66.6 Å². The normalized spacial score (nSPS) is 17.5. The second kappa shape index (κ2) is 18.4. The maximum Gasteiger partial charge on any atom is 0.407 e. The van der Waals surface area contributed by atoms with Gasteiger partial charge in [0.15, 0.2) is 0 Å². The fourth-order valence-electron chi connectivity index (χ4n) is 8.89. The lowest BCUT2D eigenvalue weighted by atomic mass is 10.0. The summed E-state index contributed by atoms with van der Waals surface area (Å²) in [6.45, 7) is 7.07. The molecule has 2 aliphatic heterocycles. The van der Waals surface area contributed by atoms with E-state index in [9.17, 15) is 14.4 Å². The van der Waals surface area contributed by atoms with Gasteiger partial charge in [-0.2, -0.15) is 0 Å². The average molecular weight is 823 g/mol. The zero-order valence-corrected chi connectivity index (χ0v) is 35.3. The minimum atomic E-state index is -0.827. The predicted octanol–water partition coefficient (Wildman–Crippen LogP) is 7.24. The molecule has 3 aromatic heterocycles. The summed E-state index contributed by atoms with van der Waals surface area (Å²) >= 11 is 0. The van der Waals surface area contributed by atoms with E-state index in [4.69, 9.17) is 14.7 Å². The average Bonchev–Trinajstić information content (AvgIpc) is 4.16. The van der Waals surface area contributed by atoms with Crippen LogP contribution < -0.4 is 5.32 Å². The van der Waals surface area contributed by atoms with E-state index in [1.54, 1.807) is 11.2 Å². The maximum absolute atomic E-state index is 14.2. The molecule has 5 heterocycles. The lowest BCUT2D eigenvalue weighted by Crippen LogP contribution is -2.49. The second-order valence-electron chi connectivity index (χ2n) is 15.9. The molecule has 316 valence electrons. The summed E-state index contributed by atoms with van der Waals surface area (Å²) in [4.78, 5) is 67.3. The molecule has 3 aromatic carbocycles. The Balaban J connectivity index is 0.924. The molecule has 0 spiro atoms. The van der Waals surface area contributed by atoms with Crippen LogP contribution in [0.5, 0.6) is 0 Å². The number of alkyl carbamates (subject to hydrolysis) is 1. The Morgan fingerprint density at radius 3 is 1.77 bits per heavy atom. The highest BCUT2D eigenvalue weighted by atomic mass is 16.5. The Hall–Kier alpha value is -6.54. The highest BCUT2D eigenvalue weighted by molar-refractivity contribution is 5.86. The summed E-state index contributed by atoms with van der Waals surface area (Å²) in [5, 5.41) is 2.71. The number of likely N-dealkylation sites (tertiary alicyclic amines) is 2. The molecule has 6 aromatic rings. The van der Waals surface area contributed by atoms with Gasteiger partial charge in [0.05, 0.1) is 55.0 Å². The Kier molecular flexibility index (Phi) is 12.4. The molecule has 0 unspecified atom stereocenters. The van der Waals surface area contributed by atoms with Gasteiger partial charge in [-0.15, -0.1) is 0 Å². The molecular weight excluding hydrogens is 769 g/mol. The molecule has 14 heteroatoms. The van der Waals surface area contributed by atoms with Crippen molar-refractivity contribution in [3.05, 3.63) is 127 Å². The van der Waals surface area contributed by atoms with Gasteiger partial charge >= 0.3 is 6.09 Å². The zero-order valence-electron chi connectivity index (χ0n) is 35.3. The highest BCUT2D eigenvalue weighted by Gasteiger charge is 2.39. The number of benzene rings is 3. The number of nitrogens with one attached hydrogen (secondary N) is 3. The molecule has 2 saturated heterocycles. The van der Waals surface area contributed by atoms with E-state index in [-0.39, 0.29) is 36.4 Å². The largest absolute Gasteiger partial charge is 0.453 e. The number of rotatable bonds is 14. The first-order chi connectivity index (χ1) is 29.7. The van der Waals surface area contributed by atoms with Gasteiger partial charge in [-0.1, -0.05) is 92.7 Å². The van der Waals surface area contributed by atoms with Gasteiger partial charge in [-0.25, -0.2) is 19.7 Å². The van der Waals surface area contributed by atoms with Crippen molar-refractivity contribution in [3.8, 4) is 33.6 Å². The number of methoxy groups -OCH3 is 1. The summed E-state index contributed by atoms with van der Waals surface area (Å²) in [7, 11) is 3.14. The summed E-state index contributed by atoms with van der Waals surface area (Å²) < 4.78 is 6.64. The molecule has 61 heavy (non-hydrogen) atoms. The summed E-state index contributed by atoms with van der Waals surface area (Å²) in [5.74, 6) is 1.46. The van der Waals surface area contributed by atoms with E-state index in [1.807, 2.05) is 53.3 Å². The van der Waals surface area contributed by atoms with E-state index >= 15 is 0 Å². The first-order valence-corrected chi connectivity index (χ1v) is 21.3. The smallest absolute Gasteiger partial charge is 0.407 e. The van der Waals surface area contributed by atoms with E-state index < -0.39 is 12.1 Å². The molecule has 0 aliphatic carbocycles. The van der Waals surface area contributed by atoms with Crippen LogP contribution in [-0.2, 0) is 27.8 Å². The monoisotopic (exact) mass is 822 g/mol. The van der Waals surface area contributed by atoms with Gasteiger partial charge < -0.3 is 34.4 Å². The Morgan fingerprint density at radius 1 is 0.754 bits per heavy atom. The molecule has 8 rings (SSSR count). The molecule has 0 saturated carbocycles. The molecule has 0 radical (unpaired) electrons. The summed E-state index contributed by atoms with van der Waals surface area (Å²) in [5.41, 5.74) is 7.65. The molecular formula is C47H54N10O4. The van der Waals surface area contributed by atoms with Gasteiger partial charge in [0.2, 0.25) is 11.8 Å². The number of amides is 3. The van der Waals surface area contributed by atoms with Crippen molar-refractivity contribution in [2.24, 2.45) is 7.05 Å². The first kappa shape index (κ1) is 41.2. The van der Waals surface area contributed by atoms with Crippen molar-refractivity contribution in [2.45, 2.75) is 70.1 Å². The van der Waals surface area contributed by atoms with Crippen LogP contribution in [0.2, 0.25) is 0 Å². The standard InChI is InChI=1S/C47H54N10O4/c1-5-55(6-2)42(35-12-8-7-9-13-35)46(59)57-25-11-15-41(57)44-49-28-39(52-44)34-22-18-32(19-23-34)31-16-20-33(21-17-31)38-27-48-43(51-38)40-14-10-24-56(40)45(58)37(53-47(60)61-4)26-36-29-54(3)30-50-36/h7-9,12-13,16-23,27-30,37,40-42H,5-6,10-11,14-15,24-26H2,1-4H3,(H,48,51)(H,49,52)(H,53,60)/t37-,40-,41-,42+/m0/s1. The van der Waals surface area contributed by atoms with Gasteiger partial charge in [-0.3, -0.25) is 14.5 Å². The van der Waals surface area contributed by atoms with Crippen LogP contribution in [0.3, 0.4) is 0 Å². The molecule has 0 bridgehead atoms. The van der Waals surface area contributed by atoms with Crippen LogP contribution >= 0.6 is 0 Å². The van der Waals surface area contributed by atoms with E-state index in [0.717, 1.165) is 83.8 Å². The maximum atomic E-state index is 14.2. The quantitative estimate of drug-likeness (QED) is 0.104. The number of imidazole rings is 3. The van der Waals surface area contributed by atoms with Crippen LogP contribution in [0.15, 0.2) is 104 Å². The third-order valence-electron chi connectivity index (χ3n) is 12.1. The molecule has 3 N–H and O–H groups in total. The minimum absolute atomic E-state index is 0.100. The Morgan fingerprint density at radius 2 is 1.28 bits per heavy atom. The van der Waals surface area contributed by atoms with Crippen LogP contribution in [0.25, 0.3) is 33.6 Å². The number of aryl methyl sites for hydroxylation is 1. The Bertz CT molecular complexity index is 2420. The van der Waals surface area contributed by atoms with E-state index in [0.29, 0.717) is 24.6 Å². The molecule has 14 nitrogen and oxygen atoms in total. The van der Waals surface area contributed by atoms with E-state index in [2.05, 4.69) is 99.7 Å². The third kappa shape index (κ3) is 8.85. The number of carbonyl (C=O) groups is 3. The van der Waals surface area contributed by atoms with Crippen LogP contribution in [0.4, 0.5) is 4.79 Å².